The zero-order chi connectivity index (χ0) is 15.8. The summed E-state index contributed by atoms with van der Waals surface area (Å²) in [6, 6.07) is 0. The highest BCUT2D eigenvalue weighted by Gasteiger charge is 2.19. The van der Waals surface area contributed by atoms with Crippen molar-refractivity contribution in [2.24, 2.45) is 0 Å². The highest BCUT2D eigenvalue weighted by molar-refractivity contribution is 6.39. The van der Waals surface area contributed by atoms with Crippen molar-refractivity contribution in [1.29, 1.82) is 0 Å². The van der Waals surface area contributed by atoms with Crippen LogP contribution in [0.25, 0.3) is 0 Å². The molecular formula is C13H19Cl2N2O4+. The lowest BCUT2D eigenvalue weighted by Gasteiger charge is -1.97. The maximum atomic E-state index is 10.4. The molecule has 0 spiro atoms. The first kappa shape index (κ1) is 17.8. The molecule has 0 unspecified atom stereocenters. The van der Waals surface area contributed by atoms with Gasteiger partial charge in [0, 0.05) is 12.8 Å². The third-order valence-corrected chi connectivity index (χ3v) is 3.92. The van der Waals surface area contributed by atoms with E-state index in [4.69, 9.17) is 33.4 Å². The number of carboxylic acids is 2. The number of carbonyl (C=O) groups is 2. The number of nitrogens with zero attached hydrogens (tertiary/aromatic N) is 2. The molecule has 0 aliphatic carbocycles. The molecule has 1 heterocycles. The van der Waals surface area contributed by atoms with Crippen LogP contribution in [0, 0.1) is 0 Å². The van der Waals surface area contributed by atoms with Crippen molar-refractivity contribution < 1.29 is 24.4 Å². The fraction of sp³-hybridized carbons (Fsp3) is 0.615. The molecule has 0 radical (unpaired) electrons. The van der Waals surface area contributed by atoms with E-state index in [2.05, 4.69) is 0 Å². The SMILES string of the molecule is O=C(O)CCCCn1c[n+](CCCCC(=O)O)c(Cl)c1Cl. The van der Waals surface area contributed by atoms with Crippen molar-refractivity contribution >= 4 is 35.1 Å². The van der Waals surface area contributed by atoms with Gasteiger partial charge >= 0.3 is 11.9 Å². The molecule has 21 heavy (non-hydrogen) atoms. The Bertz CT molecular complexity index is 460. The Kier molecular flexibility index (Phi) is 7.53. The first-order valence-electron chi connectivity index (χ1n) is 6.79. The van der Waals surface area contributed by atoms with Gasteiger partial charge < -0.3 is 10.2 Å². The minimum absolute atomic E-state index is 0.141. The molecule has 0 aliphatic rings. The Labute approximate surface area is 132 Å². The Morgan fingerprint density at radius 3 is 2.19 bits per heavy atom. The molecule has 0 aromatic carbocycles. The summed E-state index contributed by atoms with van der Waals surface area (Å²) in [5.74, 6) is -1.61. The Morgan fingerprint density at radius 1 is 1.05 bits per heavy atom. The molecule has 6 nitrogen and oxygen atoms in total. The van der Waals surface area contributed by atoms with Gasteiger partial charge in [-0.1, -0.05) is 0 Å². The summed E-state index contributed by atoms with van der Waals surface area (Å²) in [7, 11) is 0. The molecule has 0 bridgehead atoms. The molecule has 0 fully saturated rings. The molecule has 0 aliphatic heterocycles. The van der Waals surface area contributed by atoms with E-state index in [1.54, 1.807) is 15.5 Å². The first-order chi connectivity index (χ1) is 9.91. The summed E-state index contributed by atoms with van der Waals surface area (Å²) in [4.78, 5) is 20.9. The summed E-state index contributed by atoms with van der Waals surface area (Å²) in [6.45, 7) is 1.21. The van der Waals surface area contributed by atoms with Crippen LogP contribution in [-0.4, -0.2) is 26.7 Å². The number of aromatic nitrogens is 2. The molecule has 1 aromatic heterocycles. The second-order valence-corrected chi connectivity index (χ2v) is 5.50. The van der Waals surface area contributed by atoms with E-state index in [0.29, 0.717) is 49.1 Å². The molecule has 118 valence electrons. The van der Waals surface area contributed by atoms with Gasteiger partial charge in [0.05, 0.1) is 13.1 Å². The number of unbranched alkanes of at least 4 members (excludes halogenated alkanes) is 2. The number of carboxylic acid groups (broad SMARTS) is 2. The topological polar surface area (TPSA) is 83.4 Å². The van der Waals surface area contributed by atoms with Crippen LogP contribution in [0.5, 0.6) is 0 Å². The van der Waals surface area contributed by atoms with Gasteiger partial charge in [-0.05, 0) is 48.9 Å². The van der Waals surface area contributed by atoms with E-state index in [1.807, 2.05) is 0 Å². The summed E-state index contributed by atoms with van der Waals surface area (Å²) >= 11 is 12.2. The fourth-order valence-electron chi connectivity index (χ4n) is 1.94. The number of halogens is 2. The number of aliphatic carboxylic acids is 2. The molecule has 2 N–H and O–H groups in total. The highest BCUT2D eigenvalue weighted by atomic mass is 35.5. The van der Waals surface area contributed by atoms with Crippen molar-refractivity contribution in [3.63, 3.8) is 0 Å². The molecule has 0 amide bonds. The molecule has 0 atom stereocenters. The van der Waals surface area contributed by atoms with Gasteiger partial charge in [0.1, 0.15) is 0 Å². The lowest BCUT2D eigenvalue weighted by atomic mass is 10.2. The zero-order valence-corrected chi connectivity index (χ0v) is 13.1. The Balaban J connectivity index is 2.46. The quantitative estimate of drug-likeness (QED) is 0.507. The number of aryl methyl sites for hydroxylation is 2. The number of hydrogen-bond donors (Lipinski definition) is 2. The highest BCUT2D eigenvalue weighted by Crippen LogP contribution is 2.19. The average Bonchev–Trinajstić information content (AvgIpc) is 2.67. The standard InChI is InChI=1S/C13H18Cl2N2O4/c14-12-13(15)17(8-4-2-6-11(20)21)9-16(12)7-3-1-5-10(18)19/h9H,1-8H2,(H-,18,19,20,21)/p+1. The van der Waals surface area contributed by atoms with Crippen LogP contribution in [-0.2, 0) is 22.7 Å². The van der Waals surface area contributed by atoms with E-state index >= 15 is 0 Å². The van der Waals surface area contributed by atoms with Crippen LogP contribution in [0.1, 0.15) is 38.5 Å². The van der Waals surface area contributed by atoms with Gasteiger partial charge in [0.2, 0.25) is 6.33 Å². The molecule has 1 aromatic rings. The van der Waals surface area contributed by atoms with Crippen LogP contribution in [0.3, 0.4) is 0 Å². The van der Waals surface area contributed by atoms with Crippen LogP contribution in [0.4, 0.5) is 0 Å². The minimum Gasteiger partial charge on any atom is -0.481 e. The largest absolute Gasteiger partial charge is 0.481 e. The van der Waals surface area contributed by atoms with E-state index in [-0.39, 0.29) is 12.8 Å². The molecule has 0 saturated heterocycles. The van der Waals surface area contributed by atoms with Crippen LogP contribution >= 0.6 is 23.2 Å². The van der Waals surface area contributed by atoms with Gasteiger partial charge in [0.15, 0.2) is 0 Å². The van der Waals surface area contributed by atoms with E-state index < -0.39 is 11.9 Å². The van der Waals surface area contributed by atoms with Crippen molar-refractivity contribution in [1.82, 2.24) is 4.57 Å². The number of hydrogen-bond acceptors (Lipinski definition) is 2. The third-order valence-electron chi connectivity index (χ3n) is 3.03. The van der Waals surface area contributed by atoms with Gasteiger partial charge in [-0.15, -0.1) is 0 Å². The maximum Gasteiger partial charge on any atom is 0.303 e. The van der Waals surface area contributed by atoms with Crippen LogP contribution in [0.2, 0.25) is 10.3 Å². The predicted octanol–water partition coefficient (Wildman–Crippen LogP) is 2.59. The summed E-state index contributed by atoms with van der Waals surface area (Å²) in [5, 5.41) is 18.0. The maximum absolute atomic E-state index is 10.4. The molecule has 0 saturated carbocycles. The molecule has 8 heteroatoms. The monoisotopic (exact) mass is 337 g/mol. The van der Waals surface area contributed by atoms with Crippen molar-refractivity contribution in [3.8, 4) is 0 Å². The van der Waals surface area contributed by atoms with E-state index in [0.717, 1.165) is 0 Å². The Hall–Kier alpha value is -1.27. The van der Waals surface area contributed by atoms with Crippen LogP contribution in [0.15, 0.2) is 6.33 Å². The minimum atomic E-state index is -0.805. The third kappa shape index (κ3) is 6.35. The van der Waals surface area contributed by atoms with Gasteiger partial charge in [-0.2, -0.15) is 0 Å². The smallest absolute Gasteiger partial charge is 0.303 e. The van der Waals surface area contributed by atoms with Gasteiger partial charge in [-0.3, -0.25) is 9.59 Å². The van der Waals surface area contributed by atoms with Gasteiger partial charge in [-0.25, -0.2) is 9.13 Å². The summed E-state index contributed by atoms with van der Waals surface area (Å²) in [6.07, 6.45) is 4.64. The van der Waals surface area contributed by atoms with E-state index in [9.17, 15) is 9.59 Å². The summed E-state index contributed by atoms with van der Waals surface area (Å²) < 4.78 is 3.56. The lowest BCUT2D eigenvalue weighted by Crippen LogP contribution is -2.32. The average molecular weight is 338 g/mol. The predicted molar refractivity (Wildman–Crippen MR) is 77.6 cm³/mol. The molecule has 1 rings (SSSR count). The van der Waals surface area contributed by atoms with Crippen molar-refractivity contribution in [3.05, 3.63) is 16.6 Å². The van der Waals surface area contributed by atoms with Gasteiger partial charge in [0.25, 0.3) is 10.3 Å². The number of rotatable bonds is 10. The second-order valence-electron chi connectivity index (χ2n) is 4.79. The lowest BCUT2D eigenvalue weighted by molar-refractivity contribution is -0.694. The molecular weight excluding hydrogens is 319 g/mol. The van der Waals surface area contributed by atoms with Crippen LogP contribution < -0.4 is 4.57 Å². The first-order valence-corrected chi connectivity index (χ1v) is 7.54. The van der Waals surface area contributed by atoms with Crippen molar-refractivity contribution in [2.45, 2.75) is 51.6 Å². The normalized spacial score (nSPS) is 10.8. The summed E-state index contributed by atoms with van der Waals surface area (Å²) in [5.41, 5.74) is 0. The fourth-order valence-corrected chi connectivity index (χ4v) is 2.41. The number of imidazole rings is 1. The second kappa shape index (κ2) is 8.89. The van der Waals surface area contributed by atoms with E-state index in [1.165, 1.54) is 0 Å². The Morgan fingerprint density at radius 2 is 1.62 bits per heavy atom. The zero-order valence-electron chi connectivity index (χ0n) is 11.6. The van der Waals surface area contributed by atoms with Crippen molar-refractivity contribution in [2.75, 3.05) is 0 Å².